The normalized spacial score (nSPS) is 18.4. The molecule has 1 saturated heterocycles. The Hall–Kier alpha value is -1.44. The summed E-state index contributed by atoms with van der Waals surface area (Å²) in [6.45, 7) is 7.00. The van der Waals surface area contributed by atoms with Gasteiger partial charge in [-0.25, -0.2) is 8.42 Å². The lowest BCUT2D eigenvalue weighted by atomic mass is 10.1. The maximum absolute atomic E-state index is 12.8. The molecule has 1 heterocycles. The second kappa shape index (κ2) is 6.36. The molecule has 2 rings (SSSR count). The first-order valence-corrected chi connectivity index (χ1v) is 8.67. The second-order valence-electron chi connectivity index (χ2n) is 6.20. The van der Waals surface area contributed by atoms with Crippen molar-refractivity contribution in [1.82, 2.24) is 4.31 Å². The lowest BCUT2D eigenvalue weighted by molar-refractivity contribution is -0.816. The monoisotopic (exact) mass is 327 g/mol. The number of sulfonamides is 1. The Labute approximate surface area is 131 Å². The topological polar surface area (TPSA) is 69.9 Å². The molecule has 0 amide bonds. The molecule has 1 aromatic carbocycles. The van der Waals surface area contributed by atoms with E-state index < -0.39 is 15.6 Å². The number of morpholine rings is 1. The summed E-state index contributed by atoms with van der Waals surface area (Å²) in [5.74, 6) is 0. The zero-order chi connectivity index (χ0) is 16.4. The third-order valence-corrected chi connectivity index (χ3v) is 5.43. The first kappa shape index (κ1) is 16.9. The fourth-order valence-electron chi connectivity index (χ4n) is 2.07. The van der Waals surface area contributed by atoms with E-state index >= 15 is 0 Å². The first-order valence-electron chi connectivity index (χ1n) is 7.23. The third kappa shape index (κ3) is 3.66. The molecule has 122 valence electrons. The fraction of sp³-hybridized carbons (Fsp3) is 0.533. The summed E-state index contributed by atoms with van der Waals surface area (Å²) >= 11 is 0. The highest BCUT2D eigenvalue weighted by atomic mass is 32.2. The van der Waals surface area contributed by atoms with Gasteiger partial charge < -0.3 is 4.74 Å². The van der Waals surface area contributed by atoms with E-state index in [1.807, 2.05) is 20.8 Å². The number of rotatable bonds is 3. The zero-order valence-electron chi connectivity index (χ0n) is 13.2. The van der Waals surface area contributed by atoms with Gasteiger partial charge >= 0.3 is 0 Å². The van der Waals surface area contributed by atoms with Gasteiger partial charge in [0.25, 0.3) is 0 Å². The van der Waals surface area contributed by atoms with Crippen LogP contribution in [-0.4, -0.2) is 60.7 Å². The standard InChI is InChI=1S/C15H23N2O4S/c1-15(2,3)17(18)12-13-6-4-5-7-14(13)22(19,20)16-8-10-21-11-9-16/h4-7,12,18H,8-11H2,1-3H3/q+1/b17-12-. The molecule has 0 aromatic heterocycles. The molecule has 6 nitrogen and oxygen atoms in total. The quantitative estimate of drug-likeness (QED) is 0.393. The van der Waals surface area contributed by atoms with Gasteiger partial charge in [-0.15, -0.1) is 0 Å². The van der Waals surface area contributed by atoms with Crippen molar-refractivity contribution in [3.63, 3.8) is 0 Å². The van der Waals surface area contributed by atoms with Crippen molar-refractivity contribution in [1.29, 1.82) is 0 Å². The Morgan fingerprint density at radius 2 is 1.82 bits per heavy atom. The number of hydrogen-bond donors (Lipinski definition) is 1. The van der Waals surface area contributed by atoms with Crippen LogP contribution in [-0.2, 0) is 14.8 Å². The van der Waals surface area contributed by atoms with Gasteiger partial charge in [0, 0.05) is 33.9 Å². The van der Waals surface area contributed by atoms with Crippen LogP contribution < -0.4 is 0 Å². The van der Waals surface area contributed by atoms with E-state index in [4.69, 9.17) is 4.74 Å². The summed E-state index contributed by atoms with van der Waals surface area (Å²) < 4.78 is 33.2. The maximum atomic E-state index is 12.8. The molecule has 0 unspecified atom stereocenters. The number of nitrogens with zero attached hydrogens (tertiary/aromatic N) is 2. The Kier molecular flexibility index (Phi) is 4.89. The summed E-state index contributed by atoms with van der Waals surface area (Å²) in [5.41, 5.74) is -0.0537. The van der Waals surface area contributed by atoms with Gasteiger partial charge in [0.15, 0.2) is 0 Å². The molecule has 0 spiro atoms. The lowest BCUT2D eigenvalue weighted by Gasteiger charge is -2.26. The molecule has 0 saturated carbocycles. The van der Waals surface area contributed by atoms with E-state index in [0.717, 1.165) is 4.74 Å². The average Bonchev–Trinajstić information content (AvgIpc) is 2.47. The first-order chi connectivity index (χ1) is 10.2. The zero-order valence-corrected chi connectivity index (χ0v) is 14.0. The molecule has 22 heavy (non-hydrogen) atoms. The summed E-state index contributed by atoms with van der Waals surface area (Å²) in [6.07, 6.45) is 1.45. The van der Waals surface area contributed by atoms with Gasteiger partial charge in [0.05, 0.1) is 23.7 Å². The van der Waals surface area contributed by atoms with E-state index in [2.05, 4.69) is 0 Å². The highest BCUT2D eigenvalue weighted by Crippen LogP contribution is 2.20. The summed E-state index contributed by atoms with van der Waals surface area (Å²) in [4.78, 5) is 0.195. The van der Waals surface area contributed by atoms with Gasteiger partial charge in [0.1, 0.15) is 0 Å². The van der Waals surface area contributed by atoms with E-state index in [1.54, 1.807) is 24.3 Å². The van der Waals surface area contributed by atoms with Crippen LogP contribution >= 0.6 is 0 Å². The maximum Gasteiger partial charge on any atom is 0.244 e. The van der Waals surface area contributed by atoms with Gasteiger partial charge in [-0.3, -0.25) is 5.21 Å². The Bertz CT molecular complexity index is 656. The van der Waals surface area contributed by atoms with Crippen molar-refractivity contribution in [2.75, 3.05) is 26.3 Å². The van der Waals surface area contributed by atoms with E-state index in [0.29, 0.717) is 31.9 Å². The number of benzene rings is 1. The summed E-state index contributed by atoms with van der Waals surface area (Å²) in [6, 6.07) is 6.68. The van der Waals surface area contributed by atoms with Gasteiger partial charge in [0.2, 0.25) is 21.8 Å². The molecular weight excluding hydrogens is 304 g/mol. The highest BCUT2D eigenvalue weighted by molar-refractivity contribution is 7.89. The van der Waals surface area contributed by atoms with Crippen LogP contribution in [0.5, 0.6) is 0 Å². The molecule has 0 atom stereocenters. The molecule has 1 aliphatic heterocycles. The van der Waals surface area contributed by atoms with Crippen LogP contribution in [0.1, 0.15) is 26.3 Å². The highest BCUT2D eigenvalue weighted by Gasteiger charge is 2.30. The van der Waals surface area contributed by atoms with Crippen molar-refractivity contribution < 1.29 is 23.1 Å². The molecule has 1 aliphatic rings. The summed E-state index contributed by atoms with van der Waals surface area (Å²) in [7, 11) is -3.60. The van der Waals surface area contributed by atoms with Gasteiger partial charge in [-0.2, -0.15) is 4.31 Å². The van der Waals surface area contributed by atoms with Crippen LogP contribution in [0.15, 0.2) is 29.2 Å². The van der Waals surface area contributed by atoms with Crippen LogP contribution in [0.2, 0.25) is 0 Å². The molecule has 0 aliphatic carbocycles. The smallest absolute Gasteiger partial charge is 0.244 e. The predicted octanol–water partition coefficient (Wildman–Crippen LogP) is 1.33. The van der Waals surface area contributed by atoms with Gasteiger partial charge in [-0.05, 0) is 16.9 Å². The third-order valence-electron chi connectivity index (χ3n) is 3.46. The molecular formula is C15H23N2O4S+. The minimum absolute atomic E-state index is 0.195. The van der Waals surface area contributed by atoms with Crippen molar-refractivity contribution in [2.45, 2.75) is 31.2 Å². The van der Waals surface area contributed by atoms with Crippen LogP contribution in [0.4, 0.5) is 0 Å². The lowest BCUT2D eigenvalue weighted by Crippen LogP contribution is -2.41. The van der Waals surface area contributed by atoms with Gasteiger partial charge in [-0.1, -0.05) is 12.1 Å². The Morgan fingerprint density at radius 1 is 1.23 bits per heavy atom. The Balaban J connectivity index is 2.44. The Morgan fingerprint density at radius 3 is 2.41 bits per heavy atom. The molecule has 0 bridgehead atoms. The number of hydroxylamine groups is 1. The minimum atomic E-state index is -3.60. The SMILES string of the molecule is CC(C)(C)/[N+](O)=C/c1ccccc1S(=O)(=O)N1CCOCC1. The van der Waals surface area contributed by atoms with Crippen molar-refractivity contribution >= 4 is 16.2 Å². The second-order valence-corrected chi connectivity index (χ2v) is 8.11. The molecule has 1 fully saturated rings. The van der Waals surface area contributed by atoms with Crippen LogP contribution in [0, 0.1) is 0 Å². The van der Waals surface area contributed by atoms with Crippen molar-refractivity contribution in [2.24, 2.45) is 0 Å². The molecule has 1 N–H and O–H groups in total. The van der Waals surface area contributed by atoms with E-state index in [9.17, 15) is 13.6 Å². The molecule has 1 aromatic rings. The number of hydrogen-bond acceptors (Lipinski definition) is 4. The number of ether oxygens (including phenoxy) is 1. The minimum Gasteiger partial charge on any atom is -0.379 e. The average molecular weight is 327 g/mol. The van der Waals surface area contributed by atoms with E-state index in [-0.39, 0.29) is 4.90 Å². The molecule has 0 radical (unpaired) electrons. The predicted molar refractivity (Wildman–Crippen MR) is 83.0 cm³/mol. The van der Waals surface area contributed by atoms with Crippen LogP contribution in [0.25, 0.3) is 0 Å². The van der Waals surface area contributed by atoms with Crippen LogP contribution in [0.3, 0.4) is 0 Å². The summed E-state index contributed by atoms with van der Waals surface area (Å²) in [5, 5.41) is 10.1. The van der Waals surface area contributed by atoms with Crippen molar-refractivity contribution in [3.8, 4) is 0 Å². The van der Waals surface area contributed by atoms with Crippen molar-refractivity contribution in [3.05, 3.63) is 29.8 Å². The largest absolute Gasteiger partial charge is 0.379 e. The fourth-order valence-corrected chi connectivity index (χ4v) is 3.65. The van der Waals surface area contributed by atoms with E-state index in [1.165, 1.54) is 10.5 Å². The molecule has 7 heteroatoms.